The summed E-state index contributed by atoms with van der Waals surface area (Å²) in [5.74, 6) is 1.20. The van der Waals surface area contributed by atoms with Crippen LogP contribution in [0.3, 0.4) is 0 Å². The molecule has 140 valence electrons. The van der Waals surface area contributed by atoms with E-state index in [4.69, 9.17) is 0 Å². The van der Waals surface area contributed by atoms with Crippen molar-refractivity contribution >= 4 is 51.1 Å². The van der Waals surface area contributed by atoms with E-state index in [0.717, 1.165) is 27.0 Å². The molecule has 0 spiro atoms. The van der Waals surface area contributed by atoms with Gasteiger partial charge in [-0.25, -0.2) is 4.98 Å². The van der Waals surface area contributed by atoms with E-state index in [1.807, 2.05) is 42.5 Å². The molecule has 0 unspecified atom stereocenters. The van der Waals surface area contributed by atoms with Gasteiger partial charge in [0.05, 0.1) is 10.9 Å². The summed E-state index contributed by atoms with van der Waals surface area (Å²) in [6.45, 7) is 0.635. The van der Waals surface area contributed by atoms with Crippen LogP contribution < -0.4 is 16.0 Å². The molecule has 0 saturated carbocycles. The van der Waals surface area contributed by atoms with Gasteiger partial charge in [-0.05, 0) is 45.3 Å². The summed E-state index contributed by atoms with van der Waals surface area (Å²) in [6.07, 6.45) is 6.20. The molecule has 6 nitrogen and oxygen atoms in total. The Hall–Kier alpha value is -3.19. The molecule has 2 heterocycles. The van der Waals surface area contributed by atoms with E-state index in [9.17, 15) is 4.79 Å². The summed E-state index contributed by atoms with van der Waals surface area (Å²) in [5.41, 5.74) is 3.82. The monoisotopic (exact) mass is 435 g/mol. The summed E-state index contributed by atoms with van der Waals surface area (Å²) < 4.78 is 0.787. The lowest BCUT2D eigenvalue weighted by Crippen LogP contribution is -2.05. The fourth-order valence-corrected chi connectivity index (χ4v) is 3.23. The summed E-state index contributed by atoms with van der Waals surface area (Å²) in [7, 11) is 0. The number of nitrogens with one attached hydrogen (secondary N) is 3. The van der Waals surface area contributed by atoms with Crippen molar-refractivity contribution in [2.45, 2.75) is 6.42 Å². The first-order valence-corrected chi connectivity index (χ1v) is 9.64. The number of nitrogens with zero attached hydrogens (tertiary/aromatic N) is 2. The number of fused-ring (bicyclic) bond motifs is 1. The van der Waals surface area contributed by atoms with Gasteiger partial charge >= 0.3 is 0 Å². The van der Waals surface area contributed by atoms with Crippen molar-refractivity contribution in [3.05, 3.63) is 76.4 Å². The lowest BCUT2D eigenvalue weighted by Gasteiger charge is -2.10. The van der Waals surface area contributed by atoms with Crippen LogP contribution in [0.15, 0.2) is 65.3 Å². The number of halogens is 1. The average molecular weight is 436 g/mol. The van der Waals surface area contributed by atoms with Crippen molar-refractivity contribution in [1.82, 2.24) is 9.97 Å². The Labute approximate surface area is 171 Å². The number of aromatic nitrogens is 2. The molecule has 4 rings (SSSR count). The van der Waals surface area contributed by atoms with Crippen LogP contribution in [0.2, 0.25) is 0 Å². The fraction of sp³-hybridized carbons (Fsp3) is 0.0952. The highest BCUT2D eigenvalue weighted by atomic mass is 79.9. The Morgan fingerprint density at radius 3 is 2.89 bits per heavy atom. The van der Waals surface area contributed by atoms with Crippen molar-refractivity contribution in [2.75, 3.05) is 22.5 Å². The minimum absolute atomic E-state index is 0.0158. The molecular formula is C21H18BrN5O. The Kier molecular flexibility index (Phi) is 5.34. The summed E-state index contributed by atoms with van der Waals surface area (Å²) in [4.78, 5) is 20.3. The van der Waals surface area contributed by atoms with E-state index in [1.54, 1.807) is 6.20 Å². The van der Waals surface area contributed by atoms with Crippen LogP contribution in [0.1, 0.15) is 11.1 Å². The highest BCUT2D eigenvalue weighted by Crippen LogP contribution is 2.28. The number of carbonyl (C=O) groups excluding carboxylic acids is 1. The largest absolute Gasteiger partial charge is 0.365 e. The van der Waals surface area contributed by atoms with Crippen LogP contribution >= 0.6 is 15.9 Å². The molecule has 0 fully saturated rings. The van der Waals surface area contributed by atoms with Crippen molar-refractivity contribution in [1.29, 1.82) is 0 Å². The molecule has 1 aliphatic rings. The SMILES string of the molecule is O=C1Cc2cc(Nc3ncc(Br)c(NC/C=C/c4ccccc4)n3)ccc2N1. The van der Waals surface area contributed by atoms with Crippen molar-refractivity contribution < 1.29 is 4.79 Å². The molecule has 2 aromatic carbocycles. The normalized spacial score (nSPS) is 12.7. The third-order valence-corrected chi connectivity index (χ3v) is 4.81. The highest BCUT2D eigenvalue weighted by molar-refractivity contribution is 9.10. The van der Waals surface area contributed by atoms with Gasteiger partial charge in [0.15, 0.2) is 0 Å². The molecule has 0 atom stereocenters. The number of carbonyl (C=O) groups is 1. The van der Waals surface area contributed by atoms with Crippen molar-refractivity contribution in [2.24, 2.45) is 0 Å². The molecule has 0 aliphatic carbocycles. The molecule has 0 bridgehead atoms. The van der Waals surface area contributed by atoms with E-state index < -0.39 is 0 Å². The number of hydrogen-bond donors (Lipinski definition) is 3. The standard InChI is InChI=1S/C21H18BrN5O/c22-17-13-24-21(25-16-8-9-18-15(11-16)12-19(28)26-18)27-20(17)23-10-4-7-14-5-2-1-3-6-14/h1-9,11,13H,10,12H2,(H,26,28)(H2,23,24,25,27)/b7-4+. The fourth-order valence-electron chi connectivity index (χ4n) is 2.90. The Balaban J connectivity index is 1.42. The third-order valence-electron chi connectivity index (χ3n) is 4.23. The van der Waals surface area contributed by atoms with E-state index in [1.165, 1.54) is 0 Å². The van der Waals surface area contributed by atoms with Gasteiger partial charge in [-0.2, -0.15) is 4.98 Å². The maximum absolute atomic E-state index is 11.5. The molecular weight excluding hydrogens is 418 g/mol. The molecule has 0 saturated heterocycles. The molecule has 1 amide bonds. The molecule has 7 heteroatoms. The van der Waals surface area contributed by atoms with Gasteiger partial charge in [-0.1, -0.05) is 42.5 Å². The quantitative estimate of drug-likeness (QED) is 0.526. The zero-order valence-corrected chi connectivity index (χ0v) is 16.5. The minimum atomic E-state index is 0.0158. The number of amides is 1. The zero-order valence-electron chi connectivity index (χ0n) is 14.9. The van der Waals surface area contributed by atoms with Gasteiger partial charge in [0, 0.05) is 24.1 Å². The predicted octanol–water partition coefficient (Wildman–Crippen LogP) is 4.60. The van der Waals surface area contributed by atoms with E-state index in [-0.39, 0.29) is 5.91 Å². The van der Waals surface area contributed by atoms with Crippen molar-refractivity contribution in [3.63, 3.8) is 0 Å². The van der Waals surface area contributed by atoms with E-state index >= 15 is 0 Å². The summed E-state index contributed by atoms with van der Waals surface area (Å²) >= 11 is 3.47. The second-order valence-corrected chi connectivity index (χ2v) is 7.16. The molecule has 28 heavy (non-hydrogen) atoms. The van der Waals surface area contributed by atoms with Crippen LogP contribution in [-0.4, -0.2) is 22.4 Å². The van der Waals surface area contributed by atoms with Gasteiger partial charge in [0.25, 0.3) is 0 Å². The second-order valence-electron chi connectivity index (χ2n) is 6.31. The molecule has 1 aromatic heterocycles. The third kappa shape index (κ3) is 4.37. The first-order chi connectivity index (χ1) is 13.7. The smallest absolute Gasteiger partial charge is 0.229 e. The summed E-state index contributed by atoms with van der Waals surface area (Å²) in [6, 6.07) is 15.8. The Morgan fingerprint density at radius 1 is 1.18 bits per heavy atom. The molecule has 3 aromatic rings. The number of rotatable bonds is 6. The van der Waals surface area contributed by atoms with Gasteiger partial charge in [-0.15, -0.1) is 0 Å². The van der Waals surface area contributed by atoms with Crippen LogP contribution in [0, 0.1) is 0 Å². The van der Waals surface area contributed by atoms with E-state index in [0.29, 0.717) is 24.7 Å². The van der Waals surface area contributed by atoms with Crippen LogP contribution in [0.5, 0.6) is 0 Å². The van der Waals surface area contributed by atoms with Crippen LogP contribution in [0.25, 0.3) is 6.08 Å². The molecule has 0 radical (unpaired) electrons. The molecule has 1 aliphatic heterocycles. The van der Waals surface area contributed by atoms with Gasteiger partial charge in [-0.3, -0.25) is 4.79 Å². The minimum Gasteiger partial charge on any atom is -0.365 e. The van der Waals surface area contributed by atoms with E-state index in [2.05, 4.69) is 60.1 Å². The summed E-state index contributed by atoms with van der Waals surface area (Å²) in [5, 5.41) is 9.29. The maximum Gasteiger partial charge on any atom is 0.229 e. The number of anilines is 4. The molecule has 3 N–H and O–H groups in total. The topological polar surface area (TPSA) is 78.9 Å². The lowest BCUT2D eigenvalue weighted by atomic mass is 10.1. The number of hydrogen-bond acceptors (Lipinski definition) is 5. The first kappa shape index (κ1) is 18.2. The zero-order chi connectivity index (χ0) is 19.3. The Morgan fingerprint density at radius 2 is 2.04 bits per heavy atom. The maximum atomic E-state index is 11.5. The predicted molar refractivity (Wildman–Crippen MR) is 116 cm³/mol. The van der Waals surface area contributed by atoms with Crippen LogP contribution in [-0.2, 0) is 11.2 Å². The van der Waals surface area contributed by atoms with Gasteiger partial charge < -0.3 is 16.0 Å². The van der Waals surface area contributed by atoms with Gasteiger partial charge in [0.2, 0.25) is 11.9 Å². The Bertz CT molecular complexity index is 1040. The number of benzene rings is 2. The van der Waals surface area contributed by atoms with Crippen molar-refractivity contribution in [3.8, 4) is 0 Å². The lowest BCUT2D eigenvalue weighted by molar-refractivity contribution is -0.115. The second kappa shape index (κ2) is 8.22. The average Bonchev–Trinajstić information content (AvgIpc) is 3.07. The van der Waals surface area contributed by atoms with Gasteiger partial charge in [0.1, 0.15) is 5.82 Å². The van der Waals surface area contributed by atoms with Crippen LogP contribution in [0.4, 0.5) is 23.1 Å². The first-order valence-electron chi connectivity index (χ1n) is 8.85. The highest BCUT2D eigenvalue weighted by Gasteiger charge is 2.17.